The molecule has 1 aliphatic carbocycles. The quantitative estimate of drug-likeness (QED) is 0.679. The van der Waals surface area contributed by atoms with Crippen LogP contribution in [0.5, 0.6) is 5.75 Å². The van der Waals surface area contributed by atoms with Gasteiger partial charge >= 0.3 is 0 Å². The minimum Gasteiger partial charge on any atom is -0.482 e. The summed E-state index contributed by atoms with van der Waals surface area (Å²) in [4.78, 5) is 14.1. The van der Waals surface area contributed by atoms with Crippen molar-refractivity contribution in [1.29, 1.82) is 0 Å². The lowest BCUT2D eigenvalue weighted by atomic mass is 10.1. The minimum absolute atomic E-state index is 0.0279. The van der Waals surface area contributed by atoms with E-state index >= 15 is 0 Å². The molecule has 110 valence electrons. The number of nitrogen functional groups attached to an aromatic ring is 1. The van der Waals surface area contributed by atoms with Gasteiger partial charge < -0.3 is 15.4 Å². The smallest absolute Gasteiger partial charge is 0.260 e. The van der Waals surface area contributed by atoms with Crippen LogP contribution in [0.2, 0.25) is 0 Å². The predicted octanol–water partition coefficient (Wildman–Crippen LogP) is 2.83. The lowest BCUT2D eigenvalue weighted by molar-refractivity contribution is -0.134. The van der Waals surface area contributed by atoms with Crippen LogP contribution in [0.4, 0.5) is 5.69 Å². The number of nitrogens with zero attached hydrogens (tertiary/aromatic N) is 1. The SMILES string of the molecule is CN(C(=O)COc1ccccc1N)C1CCCCCC1. The molecule has 0 heterocycles. The van der Waals surface area contributed by atoms with Crippen molar-refractivity contribution in [3.8, 4) is 5.75 Å². The Bertz CT molecular complexity index is 440. The van der Waals surface area contributed by atoms with E-state index in [9.17, 15) is 4.79 Å². The second kappa shape index (κ2) is 7.17. The van der Waals surface area contributed by atoms with Gasteiger partial charge in [-0.1, -0.05) is 37.8 Å². The number of ether oxygens (including phenoxy) is 1. The summed E-state index contributed by atoms with van der Waals surface area (Å²) in [6, 6.07) is 7.62. The maximum atomic E-state index is 12.2. The summed E-state index contributed by atoms with van der Waals surface area (Å²) in [6.45, 7) is 0.0568. The molecule has 4 nitrogen and oxygen atoms in total. The third-order valence-electron chi connectivity index (χ3n) is 4.04. The van der Waals surface area contributed by atoms with Crippen molar-refractivity contribution in [3.05, 3.63) is 24.3 Å². The highest BCUT2D eigenvalue weighted by Crippen LogP contribution is 2.22. The number of benzene rings is 1. The van der Waals surface area contributed by atoms with Gasteiger partial charge in [0, 0.05) is 13.1 Å². The van der Waals surface area contributed by atoms with E-state index < -0.39 is 0 Å². The van der Waals surface area contributed by atoms with Crippen molar-refractivity contribution in [2.45, 2.75) is 44.6 Å². The molecular weight excluding hydrogens is 252 g/mol. The molecule has 1 aliphatic rings. The zero-order valence-electron chi connectivity index (χ0n) is 12.2. The van der Waals surface area contributed by atoms with Gasteiger partial charge in [-0.05, 0) is 25.0 Å². The van der Waals surface area contributed by atoms with Gasteiger partial charge in [-0.25, -0.2) is 0 Å². The van der Waals surface area contributed by atoms with Crippen LogP contribution >= 0.6 is 0 Å². The number of nitrogens with two attached hydrogens (primary N) is 1. The first kappa shape index (κ1) is 14.7. The molecular formula is C16H24N2O2. The van der Waals surface area contributed by atoms with Crippen molar-refractivity contribution < 1.29 is 9.53 Å². The maximum absolute atomic E-state index is 12.2. The number of amides is 1. The van der Waals surface area contributed by atoms with E-state index in [1.807, 2.05) is 24.1 Å². The monoisotopic (exact) mass is 276 g/mol. The molecule has 4 heteroatoms. The van der Waals surface area contributed by atoms with Crippen LogP contribution in [-0.2, 0) is 4.79 Å². The van der Waals surface area contributed by atoms with Gasteiger partial charge in [0.25, 0.3) is 5.91 Å². The average molecular weight is 276 g/mol. The lowest BCUT2D eigenvalue weighted by Crippen LogP contribution is -2.39. The Balaban J connectivity index is 1.86. The van der Waals surface area contributed by atoms with Crippen molar-refractivity contribution >= 4 is 11.6 Å². The van der Waals surface area contributed by atoms with Crippen LogP contribution in [-0.4, -0.2) is 30.5 Å². The fraction of sp³-hybridized carbons (Fsp3) is 0.562. The summed E-state index contributed by atoms with van der Waals surface area (Å²) >= 11 is 0. The molecule has 0 atom stereocenters. The molecule has 2 rings (SSSR count). The zero-order valence-corrected chi connectivity index (χ0v) is 12.2. The van der Waals surface area contributed by atoms with E-state index in [-0.39, 0.29) is 12.5 Å². The first-order chi connectivity index (χ1) is 9.68. The van der Waals surface area contributed by atoms with Crippen molar-refractivity contribution in [2.75, 3.05) is 19.4 Å². The molecule has 2 N–H and O–H groups in total. The summed E-state index contributed by atoms with van der Waals surface area (Å²) in [5.74, 6) is 0.607. The molecule has 1 aromatic rings. The summed E-state index contributed by atoms with van der Waals surface area (Å²) in [5, 5.41) is 0. The highest BCUT2D eigenvalue weighted by molar-refractivity contribution is 5.78. The van der Waals surface area contributed by atoms with E-state index in [1.165, 1.54) is 25.7 Å². The normalized spacial score (nSPS) is 16.4. The second-order valence-corrected chi connectivity index (χ2v) is 5.48. The Morgan fingerprint density at radius 2 is 1.90 bits per heavy atom. The zero-order chi connectivity index (χ0) is 14.4. The largest absolute Gasteiger partial charge is 0.482 e. The summed E-state index contributed by atoms with van der Waals surface area (Å²) < 4.78 is 5.53. The van der Waals surface area contributed by atoms with Gasteiger partial charge in [-0.3, -0.25) is 4.79 Å². The molecule has 0 unspecified atom stereocenters. The molecule has 0 bridgehead atoms. The van der Waals surface area contributed by atoms with Crippen LogP contribution in [0.15, 0.2) is 24.3 Å². The molecule has 20 heavy (non-hydrogen) atoms. The fourth-order valence-corrected chi connectivity index (χ4v) is 2.70. The van der Waals surface area contributed by atoms with Crippen molar-refractivity contribution in [2.24, 2.45) is 0 Å². The highest BCUT2D eigenvalue weighted by atomic mass is 16.5. The Morgan fingerprint density at radius 3 is 2.55 bits per heavy atom. The number of carbonyl (C=O) groups excluding carboxylic acids is 1. The van der Waals surface area contributed by atoms with E-state index in [0.29, 0.717) is 17.5 Å². The van der Waals surface area contributed by atoms with E-state index in [1.54, 1.807) is 12.1 Å². The molecule has 0 radical (unpaired) electrons. The Hall–Kier alpha value is -1.71. The first-order valence-electron chi connectivity index (χ1n) is 7.41. The summed E-state index contributed by atoms with van der Waals surface area (Å²) in [6.07, 6.45) is 7.22. The summed E-state index contributed by atoms with van der Waals surface area (Å²) in [5.41, 5.74) is 6.36. The number of carbonyl (C=O) groups is 1. The molecule has 0 spiro atoms. The van der Waals surface area contributed by atoms with Crippen molar-refractivity contribution in [1.82, 2.24) is 4.90 Å². The number of hydrogen-bond donors (Lipinski definition) is 1. The third-order valence-corrected chi connectivity index (χ3v) is 4.04. The molecule has 1 fully saturated rings. The Labute approximate surface area is 120 Å². The van der Waals surface area contributed by atoms with Crippen LogP contribution < -0.4 is 10.5 Å². The number of anilines is 1. The maximum Gasteiger partial charge on any atom is 0.260 e. The van der Waals surface area contributed by atoms with Crippen LogP contribution in [0.3, 0.4) is 0 Å². The molecule has 1 saturated carbocycles. The standard InChI is InChI=1S/C16H24N2O2/c1-18(13-8-4-2-3-5-9-13)16(19)12-20-15-11-7-6-10-14(15)17/h6-7,10-11,13H,2-5,8-9,12,17H2,1H3. The molecule has 0 saturated heterocycles. The fourth-order valence-electron chi connectivity index (χ4n) is 2.70. The Morgan fingerprint density at radius 1 is 1.25 bits per heavy atom. The molecule has 0 aromatic heterocycles. The van der Waals surface area contributed by atoms with Crippen LogP contribution in [0.1, 0.15) is 38.5 Å². The average Bonchev–Trinajstić information content (AvgIpc) is 2.74. The number of para-hydroxylation sites is 2. The third kappa shape index (κ3) is 3.89. The van der Waals surface area contributed by atoms with E-state index in [4.69, 9.17) is 10.5 Å². The van der Waals surface area contributed by atoms with Gasteiger partial charge in [0.2, 0.25) is 0 Å². The van der Waals surface area contributed by atoms with Crippen LogP contribution in [0.25, 0.3) is 0 Å². The minimum atomic E-state index is 0.0279. The van der Waals surface area contributed by atoms with E-state index in [0.717, 1.165) is 12.8 Å². The molecule has 0 aliphatic heterocycles. The van der Waals surface area contributed by atoms with Gasteiger partial charge in [-0.15, -0.1) is 0 Å². The topological polar surface area (TPSA) is 55.6 Å². The highest BCUT2D eigenvalue weighted by Gasteiger charge is 2.21. The summed E-state index contributed by atoms with van der Waals surface area (Å²) in [7, 11) is 1.88. The van der Waals surface area contributed by atoms with Gasteiger partial charge in [0.15, 0.2) is 6.61 Å². The molecule has 1 amide bonds. The second-order valence-electron chi connectivity index (χ2n) is 5.48. The predicted molar refractivity (Wildman–Crippen MR) is 80.6 cm³/mol. The molecule has 1 aromatic carbocycles. The first-order valence-corrected chi connectivity index (χ1v) is 7.41. The van der Waals surface area contributed by atoms with Crippen LogP contribution in [0, 0.1) is 0 Å². The van der Waals surface area contributed by atoms with Crippen molar-refractivity contribution in [3.63, 3.8) is 0 Å². The number of rotatable bonds is 4. The lowest BCUT2D eigenvalue weighted by Gasteiger charge is -2.27. The van der Waals surface area contributed by atoms with E-state index in [2.05, 4.69) is 0 Å². The Kier molecular flexibility index (Phi) is 5.27. The van der Waals surface area contributed by atoms with Gasteiger partial charge in [-0.2, -0.15) is 0 Å². The number of likely N-dealkylation sites (N-methyl/N-ethyl adjacent to an activating group) is 1. The number of hydrogen-bond acceptors (Lipinski definition) is 3. The van der Waals surface area contributed by atoms with Gasteiger partial charge in [0.05, 0.1) is 5.69 Å². The van der Waals surface area contributed by atoms with Gasteiger partial charge in [0.1, 0.15) is 5.75 Å².